The number of hydrogen-bond acceptors (Lipinski definition) is 7. The lowest BCUT2D eigenvalue weighted by molar-refractivity contribution is -0.115. The Bertz CT molecular complexity index is 732. The van der Waals surface area contributed by atoms with Crippen LogP contribution in [0.1, 0.15) is 17.3 Å². The van der Waals surface area contributed by atoms with Crippen molar-refractivity contribution >= 4 is 40.9 Å². The quantitative estimate of drug-likeness (QED) is 0.468. The molecule has 0 spiro atoms. The summed E-state index contributed by atoms with van der Waals surface area (Å²) in [6.07, 6.45) is 0. The average Bonchev–Trinajstić information content (AvgIpc) is 2.46. The molecule has 1 aromatic carbocycles. The first kappa shape index (κ1) is 16.6. The lowest BCUT2D eigenvalue weighted by Crippen LogP contribution is -2.25. The molecule has 9 heteroatoms. The number of primary amides is 1. The highest BCUT2D eigenvalue weighted by Crippen LogP contribution is 2.23. The van der Waals surface area contributed by atoms with E-state index >= 15 is 0 Å². The number of carbonyl (C=O) groups excluding carboxylic acids is 2. The number of para-hydroxylation sites is 1. The van der Waals surface area contributed by atoms with Crippen LogP contribution in [0.25, 0.3) is 0 Å². The second-order valence-corrected chi connectivity index (χ2v) is 5.97. The summed E-state index contributed by atoms with van der Waals surface area (Å²) in [4.78, 5) is 31.6. The predicted octanol–water partition coefficient (Wildman–Crippen LogP) is 0.859. The van der Waals surface area contributed by atoms with Gasteiger partial charge in [-0.1, -0.05) is 23.9 Å². The first-order valence-electron chi connectivity index (χ1n) is 6.63. The van der Waals surface area contributed by atoms with Gasteiger partial charge in [0.1, 0.15) is 11.6 Å². The normalized spacial score (nSPS) is 11.7. The first-order valence-corrected chi connectivity index (χ1v) is 7.51. The van der Waals surface area contributed by atoms with Crippen LogP contribution >= 0.6 is 11.8 Å². The summed E-state index contributed by atoms with van der Waals surface area (Å²) < 4.78 is 0. The van der Waals surface area contributed by atoms with Gasteiger partial charge in [-0.05, 0) is 19.1 Å². The Hall–Kier alpha value is -2.81. The smallest absolute Gasteiger partial charge is 0.250 e. The number of amides is 2. The van der Waals surface area contributed by atoms with Crippen LogP contribution < -0.4 is 22.5 Å². The minimum Gasteiger partial charge on any atom is -0.383 e. The van der Waals surface area contributed by atoms with Crippen molar-refractivity contribution in [3.63, 3.8) is 0 Å². The van der Waals surface area contributed by atoms with Crippen molar-refractivity contribution < 1.29 is 9.59 Å². The third-order valence-corrected chi connectivity index (χ3v) is 3.81. The molecule has 0 fully saturated rings. The summed E-state index contributed by atoms with van der Waals surface area (Å²) in [6.45, 7) is 1.68. The van der Waals surface area contributed by atoms with E-state index in [1.807, 2.05) is 0 Å². The van der Waals surface area contributed by atoms with Crippen molar-refractivity contribution in [3.05, 3.63) is 35.9 Å². The molecule has 0 aliphatic carbocycles. The van der Waals surface area contributed by atoms with E-state index in [1.54, 1.807) is 25.1 Å². The van der Waals surface area contributed by atoms with Gasteiger partial charge in [0.2, 0.25) is 5.91 Å². The summed E-state index contributed by atoms with van der Waals surface area (Å²) in [5, 5.41) is 2.43. The van der Waals surface area contributed by atoms with E-state index < -0.39 is 11.2 Å². The van der Waals surface area contributed by atoms with E-state index in [0.717, 1.165) is 11.8 Å². The molecule has 120 valence electrons. The number of anilines is 3. The van der Waals surface area contributed by atoms with E-state index in [2.05, 4.69) is 15.3 Å². The molecular formula is C14H16N6O2S. The van der Waals surface area contributed by atoms with Crippen LogP contribution in [0.5, 0.6) is 0 Å². The highest BCUT2D eigenvalue weighted by molar-refractivity contribution is 8.00. The van der Waals surface area contributed by atoms with E-state index in [1.165, 1.54) is 12.1 Å². The van der Waals surface area contributed by atoms with Gasteiger partial charge in [0, 0.05) is 6.07 Å². The van der Waals surface area contributed by atoms with Crippen molar-refractivity contribution in [2.45, 2.75) is 17.3 Å². The summed E-state index contributed by atoms with van der Waals surface area (Å²) in [7, 11) is 0. The molecule has 0 aliphatic rings. The van der Waals surface area contributed by atoms with Gasteiger partial charge >= 0.3 is 0 Å². The van der Waals surface area contributed by atoms with Crippen molar-refractivity contribution in [3.8, 4) is 0 Å². The molecule has 0 radical (unpaired) electrons. The van der Waals surface area contributed by atoms with Crippen LogP contribution in [0.4, 0.5) is 17.3 Å². The van der Waals surface area contributed by atoms with Crippen LogP contribution in [0.15, 0.2) is 35.5 Å². The number of benzene rings is 1. The minimum absolute atomic E-state index is 0.228. The fraction of sp³-hybridized carbons (Fsp3) is 0.143. The maximum absolute atomic E-state index is 12.3. The number of nitrogens with two attached hydrogens (primary N) is 3. The van der Waals surface area contributed by atoms with Crippen molar-refractivity contribution in [2.75, 3.05) is 16.8 Å². The zero-order valence-corrected chi connectivity index (χ0v) is 13.1. The monoisotopic (exact) mass is 332 g/mol. The standard InChI is InChI=1S/C14H16N6O2S/c1-7(23-14-19-10(15)6-11(16)20-14)13(22)18-9-5-3-2-4-8(9)12(17)21/h2-7H,1H3,(H2,17,21)(H,18,22)(H4,15,16,19,20). The highest BCUT2D eigenvalue weighted by Gasteiger charge is 2.18. The third-order valence-electron chi connectivity index (χ3n) is 2.85. The fourth-order valence-electron chi connectivity index (χ4n) is 1.77. The summed E-state index contributed by atoms with van der Waals surface area (Å²) in [5.74, 6) is -0.486. The fourth-order valence-corrected chi connectivity index (χ4v) is 2.57. The van der Waals surface area contributed by atoms with Crippen molar-refractivity contribution in [1.29, 1.82) is 0 Å². The molecule has 1 aromatic heterocycles. The lowest BCUT2D eigenvalue weighted by Gasteiger charge is -2.13. The SMILES string of the molecule is CC(Sc1nc(N)cc(N)n1)C(=O)Nc1ccccc1C(N)=O. The molecule has 0 bridgehead atoms. The molecule has 2 amide bonds. The second-order valence-electron chi connectivity index (χ2n) is 4.66. The molecule has 1 heterocycles. The van der Waals surface area contributed by atoms with Gasteiger partial charge in [-0.15, -0.1) is 0 Å². The molecular weight excluding hydrogens is 316 g/mol. The van der Waals surface area contributed by atoms with Gasteiger partial charge in [0.05, 0.1) is 16.5 Å². The Morgan fingerprint density at radius 2 is 1.78 bits per heavy atom. The Labute approximate surface area is 136 Å². The number of nitrogens with zero attached hydrogens (tertiary/aromatic N) is 2. The first-order chi connectivity index (χ1) is 10.9. The summed E-state index contributed by atoms with van der Waals surface area (Å²) >= 11 is 1.10. The van der Waals surface area contributed by atoms with E-state index in [0.29, 0.717) is 10.8 Å². The Balaban J connectivity index is 2.10. The molecule has 0 aliphatic heterocycles. The van der Waals surface area contributed by atoms with Gasteiger partial charge < -0.3 is 22.5 Å². The average molecular weight is 332 g/mol. The summed E-state index contributed by atoms with van der Waals surface area (Å²) in [5.41, 5.74) is 17.1. The van der Waals surface area contributed by atoms with E-state index in [9.17, 15) is 9.59 Å². The Kier molecular flexibility index (Phi) is 5.02. The van der Waals surface area contributed by atoms with Gasteiger partial charge in [0.25, 0.3) is 5.91 Å². The lowest BCUT2D eigenvalue weighted by atomic mass is 10.1. The largest absolute Gasteiger partial charge is 0.383 e. The topological polar surface area (TPSA) is 150 Å². The number of thioether (sulfide) groups is 1. The van der Waals surface area contributed by atoms with Gasteiger partial charge in [-0.25, -0.2) is 9.97 Å². The number of hydrogen-bond donors (Lipinski definition) is 4. The number of nitrogens with one attached hydrogen (secondary N) is 1. The molecule has 2 aromatic rings. The van der Waals surface area contributed by atoms with E-state index in [4.69, 9.17) is 17.2 Å². The van der Waals surface area contributed by atoms with Crippen LogP contribution in [0, 0.1) is 0 Å². The van der Waals surface area contributed by atoms with Gasteiger partial charge in [0.15, 0.2) is 5.16 Å². The molecule has 2 rings (SSSR count). The number of carbonyl (C=O) groups is 2. The zero-order valence-electron chi connectivity index (χ0n) is 12.3. The highest BCUT2D eigenvalue weighted by atomic mass is 32.2. The Morgan fingerprint density at radius 1 is 1.17 bits per heavy atom. The molecule has 0 saturated heterocycles. The number of rotatable bonds is 5. The van der Waals surface area contributed by atoms with Crippen LogP contribution in [0.3, 0.4) is 0 Å². The maximum Gasteiger partial charge on any atom is 0.250 e. The van der Waals surface area contributed by atoms with Crippen LogP contribution in [0.2, 0.25) is 0 Å². The molecule has 7 N–H and O–H groups in total. The molecule has 1 atom stereocenters. The van der Waals surface area contributed by atoms with E-state index in [-0.39, 0.29) is 23.1 Å². The number of nitrogen functional groups attached to an aromatic ring is 2. The molecule has 1 unspecified atom stereocenters. The molecule has 8 nitrogen and oxygen atoms in total. The van der Waals surface area contributed by atoms with Crippen LogP contribution in [-0.4, -0.2) is 27.0 Å². The van der Waals surface area contributed by atoms with Crippen molar-refractivity contribution in [1.82, 2.24) is 9.97 Å². The second kappa shape index (κ2) is 6.97. The zero-order chi connectivity index (χ0) is 17.0. The maximum atomic E-state index is 12.3. The predicted molar refractivity (Wildman–Crippen MR) is 89.8 cm³/mol. The molecule has 0 saturated carbocycles. The summed E-state index contributed by atoms with van der Waals surface area (Å²) in [6, 6.07) is 7.93. The number of aromatic nitrogens is 2. The third kappa shape index (κ3) is 4.33. The van der Waals surface area contributed by atoms with Gasteiger partial charge in [-0.3, -0.25) is 9.59 Å². The molecule has 23 heavy (non-hydrogen) atoms. The Morgan fingerprint density at radius 3 is 2.39 bits per heavy atom. The minimum atomic E-state index is -0.617. The van der Waals surface area contributed by atoms with Crippen LogP contribution in [-0.2, 0) is 4.79 Å². The van der Waals surface area contributed by atoms with Crippen molar-refractivity contribution in [2.24, 2.45) is 5.73 Å². The van der Waals surface area contributed by atoms with Gasteiger partial charge in [-0.2, -0.15) is 0 Å².